The highest BCUT2D eigenvalue weighted by atomic mass is 16.5. The minimum Gasteiger partial charge on any atom is -0.463 e. The molecule has 2 heteroatoms. The molecule has 0 aromatic heterocycles. The molecular formula is C11H22O2. The van der Waals surface area contributed by atoms with Gasteiger partial charge in [0.1, 0.15) is 0 Å². The van der Waals surface area contributed by atoms with Crippen molar-refractivity contribution >= 4 is 5.97 Å². The van der Waals surface area contributed by atoms with E-state index in [1.165, 1.54) is 0 Å². The van der Waals surface area contributed by atoms with Crippen molar-refractivity contribution in [1.82, 2.24) is 0 Å². The van der Waals surface area contributed by atoms with E-state index in [1.54, 1.807) is 0 Å². The van der Waals surface area contributed by atoms with Crippen LogP contribution in [0, 0.1) is 11.8 Å². The third-order valence-electron chi connectivity index (χ3n) is 1.93. The first-order chi connectivity index (χ1) is 5.93. The van der Waals surface area contributed by atoms with Crippen LogP contribution in [0.25, 0.3) is 0 Å². The van der Waals surface area contributed by atoms with Crippen LogP contribution in [0.5, 0.6) is 0 Å². The number of hydrogen-bond acceptors (Lipinski definition) is 2. The monoisotopic (exact) mass is 186 g/mol. The van der Waals surface area contributed by atoms with E-state index in [-0.39, 0.29) is 18.0 Å². The molecule has 0 amide bonds. The van der Waals surface area contributed by atoms with Crippen LogP contribution >= 0.6 is 0 Å². The molecule has 1 atom stereocenters. The maximum Gasteiger partial charge on any atom is 0.308 e. The number of esters is 1. The van der Waals surface area contributed by atoms with Gasteiger partial charge in [-0.1, -0.05) is 27.2 Å². The Morgan fingerprint density at radius 1 is 1.08 bits per heavy atom. The fourth-order valence-electron chi connectivity index (χ4n) is 1.05. The lowest BCUT2D eigenvalue weighted by molar-refractivity contribution is -0.152. The molecule has 0 N–H and O–H groups in total. The van der Waals surface area contributed by atoms with Gasteiger partial charge in [-0.15, -0.1) is 0 Å². The predicted octanol–water partition coefficient (Wildman–Crippen LogP) is 3.01. The average Bonchev–Trinajstić information content (AvgIpc) is 1.98. The minimum atomic E-state index is -0.0596. The molecule has 0 aliphatic heterocycles. The largest absolute Gasteiger partial charge is 0.463 e. The maximum atomic E-state index is 11.3. The third-order valence-corrected chi connectivity index (χ3v) is 1.93. The van der Waals surface area contributed by atoms with E-state index >= 15 is 0 Å². The molecule has 0 unspecified atom stereocenters. The van der Waals surface area contributed by atoms with Crippen LogP contribution in [-0.2, 0) is 9.53 Å². The third kappa shape index (κ3) is 6.62. The van der Waals surface area contributed by atoms with Gasteiger partial charge in [-0.25, -0.2) is 0 Å². The molecule has 0 aromatic carbocycles. The molecule has 13 heavy (non-hydrogen) atoms. The number of rotatable bonds is 5. The summed E-state index contributed by atoms with van der Waals surface area (Å²) in [4.78, 5) is 11.3. The van der Waals surface area contributed by atoms with Crippen LogP contribution in [-0.4, -0.2) is 12.1 Å². The van der Waals surface area contributed by atoms with E-state index in [1.807, 2.05) is 20.8 Å². The highest BCUT2D eigenvalue weighted by Gasteiger charge is 2.15. The predicted molar refractivity (Wildman–Crippen MR) is 54.5 cm³/mol. The minimum absolute atomic E-state index is 0.00833. The van der Waals surface area contributed by atoms with Crippen molar-refractivity contribution in [2.75, 3.05) is 0 Å². The molecule has 0 aromatic rings. The highest BCUT2D eigenvalue weighted by Crippen LogP contribution is 2.13. The van der Waals surface area contributed by atoms with Gasteiger partial charge in [-0.3, -0.25) is 4.79 Å². The van der Waals surface area contributed by atoms with Gasteiger partial charge in [0.15, 0.2) is 0 Å². The molecule has 78 valence electrons. The molecule has 0 bridgehead atoms. The maximum absolute atomic E-state index is 11.3. The van der Waals surface area contributed by atoms with E-state index in [9.17, 15) is 4.79 Å². The second-order valence-corrected chi connectivity index (χ2v) is 4.36. The van der Waals surface area contributed by atoms with Crippen molar-refractivity contribution in [2.24, 2.45) is 11.8 Å². The van der Waals surface area contributed by atoms with Crippen molar-refractivity contribution in [3.05, 3.63) is 0 Å². The van der Waals surface area contributed by atoms with E-state index in [4.69, 9.17) is 4.74 Å². The zero-order valence-electron chi connectivity index (χ0n) is 9.46. The van der Waals surface area contributed by atoms with Gasteiger partial charge in [0.2, 0.25) is 0 Å². The van der Waals surface area contributed by atoms with Gasteiger partial charge >= 0.3 is 5.97 Å². The average molecular weight is 186 g/mol. The van der Waals surface area contributed by atoms with Gasteiger partial charge in [0.05, 0.1) is 12.0 Å². The molecule has 0 aliphatic rings. The number of carbonyl (C=O) groups is 1. The van der Waals surface area contributed by atoms with Crippen molar-refractivity contribution < 1.29 is 9.53 Å². The van der Waals surface area contributed by atoms with Crippen LogP contribution < -0.4 is 0 Å². The Hall–Kier alpha value is -0.530. The highest BCUT2D eigenvalue weighted by molar-refractivity contribution is 5.72. The molecule has 0 rings (SSSR count). The summed E-state index contributed by atoms with van der Waals surface area (Å²) in [5.41, 5.74) is 0. The van der Waals surface area contributed by atoms with E-state index < -0.39 is 0 Å². The second kappa shape index (κ2) is 6.01. The molecule has 0 heterocycles. The smallest absolute Gasteiger partial charge is 0.308 e. The molecule has 0 aliphatic carbocycles. The molecule has 0 fully saturated rings. The van der Waals surface area contributed by atoms with Gasteiger partial charge in [-0.2, -0.15) is 0 Å². The molecule has 2 nitrogen and oxygen atoms in total. The summed E-state index contributed by atoms with van der Waals surface area (Å²) in [5.74, 6) is 0.648. The summed E-state index contributed by atoms with van der Waals surface area (Å²) >= 11 is 0. The number of hydrogen-bond donors (Lipinski definition) is 0. The standard InChI is InChI=1S/C11H22O2/c1-8(2)6-7-10(5)11(12)13-9(3)4/h8-10H,6-7H2,1-5H3/t10-/m1/s1. The van der Waals surface area contributed by atoms with E-state index in [0.717, 1.165) is 12.8 Å². The molecular weight excluding hydrogens is 164 g/mol. The first-order valence-electron chi connectivity index (χ1n) is 5.14. The summed E-state index contributed by atoms with van der Waals surface area (Å²) in [7, 11) is 0. The first-order valence-corrected chi connectivity index (χ1v) is 5.14. The Labute approximate surface area is 81.7 Å². The molecule has 0 saturated carbocycles. The summed E-state index contributed by atoms with van der Waals surface area (Å²) < 4.78 is 5.11. The number of ether oxygens (including phenoxy) is 1. The SMILES string of the molecule is CC(C)CC[C@@H](C)C(=O)OC(C)C. The summed E-state index contributed by atoms with van der Waals surface area (Å²) in [6.45, 7) is 10.0. The lowest BCUT2D eigenvalue weighted by Gasteiger charge is -2.14. The normalized spacial score (nSPS) is 13.5. The van der Waals surface area contributed by atoms with Crippen molar-refractivity contribution in [1.29, 1.82) is 0 Å². The summed E-state index contributed by atoms with van der Waals surface area (Å²) in [6, 6.07) is 0. The Balaban J connectivity index is 3.69. The van der Waals surface area contributed by atoms with Crippen molar-refractivity contribution in [3.63, 3.8) is 0 Å². The van der Waals surface area contributed by atoms with Crippen molar-refractivity contribution in [2.45, 2.75) is 53.6 Å². The van der Waals surface area contributed by atoms with Crippen LogP contribution in [0.1, 0.15) is 47.5 Å². The van der Waals surface area contributed by atoms with Crippen molar-refractivity contribution in [3.8, 4) is 0 Å². The molecule has 0 saturated heterocycles. The Morgan fingerprint density at radius 2 is 1.62 bits per heavy atom. The van der Waals surface area contributed by atoms with Crippen LogP contribution in [0.3, 0.4) is 0 Å². The quantitative estimate of drug-likeness (QED) is 0.617. The first kappa shape index (κ1) is 12.5. The second-order valence-electron chi connectivity index (χ2n) is 4.36. The number of carbonyl (C=O) groups excluding carboxylic acids is 1. The van der Waals surface area contributed by atoms with Gasteiger partial charge in [-0.05, 0) is 26.2 Å². The summed E-state index contributed by atoms with van der Waals surface area (Å²) in [5, 5.41) is 0. The van der Waals surface area contributed by atoms with Crippen LogP contribution in [0.15, 0.2) is 0 Å². The molecule has 0 radical (unpaired) electrons. The zero-order chi connectivity index (χ0) is 10.4. The van der Waals surface area contributed by atoms with Gasteiger partial charge in [0, 0.05) is 0 Å². The summed E-state index contributed by atoms with van der Waals surface area (Å²) in [6.07, 6.45) is 2.03. The fraction of sp³-hybridized carbons (Fsp3) is 0.909. The molecule has 0 spiro atoms. The van der Waals surface area contributed by atoms with E-state index in [2.05, 4.69) is 13.8 Å². The lowest BCUT2D eigenvalue weighted by Crippen LogP contribution is -2.19. The van der Waals surface area contributed by atoms with Gasteiger partial charge < -0.3 is 4.74 Å². The Kier molecular flexibility index (Phi) is 5.76. The zero-order valence-corrected chi connectivity index (χ0v) is 9.46. The topological polar surface area (TPSA) is 26.3 Å². The fourth-order valence-corrected chi connectivity index (χ4v) is 1.05. The van der Waals surface area contributed by atoms with Crippen LogP contribution in [0.4, 0.5) is 0 Å². The van der Waals surface area contributed by atoms with E-state index in [0.29, 0.717) is 5.92 Å². The Bertz CT molecular complexity index is 150. The van der Waals surface area contributed by atoms with Gasteiger partial charge in [0.25, 0.3) is 0 Å². The lowest BCUT2D eigenvalue weighted by atomic mass is 9.99. The van der Waals surface area contributed by atoms with Crippen LogP contribution in [0.2, 0.25) is 0 Å². The Morgan fingerprint density at radius 3 is 2.00 bits per heavy atom.